The lowest BCUT2D eigenvalue weighted by molar-refractivity contribution is -0.107. The van der Waals surface area contributed by atoms with Gasteiger partial charge in [-0.15, -0.1) is 0 Å². The molecule has 0 amide bonds. The Morgan fingerprint density at radius 2 is 1.53 bits per heavy atom. The minimum absolute atomic E-state index is 0.720. The molecule has 0 radical (unpaired) electrons. The van der Waals surface area contributed by atoms with Crippen LogP contribution in [0.2, 0.25) is 0 Å². The highest BCUT2D eigenvalue weighted by Crippen LogP contribution is 2.40. The van der Waals surface area contributed by atoms with E-state index in [0.717, 1.165) is 56.8 Å². The number of aliphatic imine (C=N–C) groups is 1. The molecule has 2 aliphatic rings. The molecule has 0 spiro atoms. The Kier molecular flexibility index (Phi) is 7.59. The van der Waals surface area contributed by atoms with Crippen molar-refractivity contribution in [2.45, 2.75) is 48.3 Å². The number of hydrogen-bond donors (Lipinski definition) is 0. The fourth-order valence-electron chi connectivity index (χ4n) is 4.19. The van der Waals surface area contributed by atoms with Crippen molar-refractivity contribution in [2.24, 2.45) is 4.99 Å². The second-order valence-electron chi connectivity index (χ2n) is 8.05. The molecule has 0 aliphatic carbocycles. The number of rotatable bonds is 8. The minimum atomic E-state index is 0.720. The number of fused-ring (bicyclic) bond motifs is 2. The summed E-state index contributed by atoms with van der Waals surface area (Å²) in [4.78, 5) is 23.1. The summed E-state index contributed by atoms with van der Waals surface area (Å²) in [7, 11) is 0. The van der Waals surface area contributed by atoms with Crippen LogP contribution in [0, 0.1) is 0 Å². The monoisotopic (exact) mass is 421 g/mol. The van der Waals surface area contributed by atoms with Crippen LogP contribution < -0.4 is 0 Å². The van der Waals surface area contributed by atoms with Gasteiger partial charge in [0.2, 0.25) is 0 Å². The number of benzene rings is 2. The van der Waals surface area contributed by atoms with Crippen LogP contribution in [0.4, 0.5) is 5.69 Å². The quantitative estimate of drug-likeness (QED) is 0.423. The molecule has 5 heteroatoms. The Morgan fingerprint density at radius 1 is 0.833 bits per heavy atom. The highest BCUT2D eigenvalue weighted by atomic mass is 32.2. The zero-order chi connectivity index (χ0) is 20.6. The summed E-state index contributed by atoms with van der Waals surface area (Å²) in [5.41, 5.74) is 2.33. The van der Waals surface area contributed by atoms with Crippen LogP contribution >= 0.6 is 11.8 Å². The second-order valence-corrected chi connectivity index (χ2v) is 9.14. The first-order valence-corrected chi connectivity index (χ1v) is 12.0. The van der Waals surface area contributed by atoms with Crippen molar-refractivity contribution in [1.82, 2.24) is 9.80 Å². The summed E-state index contributed by atoms with van der Waals surface area (Å²) in [6.45, 7) is 5.43. The Morgan fingerprint density at radius 3 is 2.37 bits per heavy atom. The number of amidine groups is 1. The third-order valence-corrected chi connectivity index (χ3v) is 7.05. The van der Waals surface area contributed by atoms with E-state index in [2.05, 4.69) is 58.3 Å². The van der Waals surface area contributed by atoms with Gasteiger partial charge in [-0.25, -0.2) is 4.99 Å². The molecule has 0 unspecified atom stereocenters. The van der Waals surface area contributed by atoms with Gasteiger partial charge in [0.05, 0.1) is 5.69 Å². The normalized spacial score (nSPS) is 16.4. The van der Waals surface area contributed by atoms with E-state index in [4.69, 9.17) is 4.99 Å². The lowest BCUT2D eigenvalue weighted by Gasteiger charge is -2.36. The van der Waals surface area contributed by atoms with E-state index in [0.29, 0.717) is 0 Å². The number of piperazine rings is 1. The molecule has 0 atom stereocenters. The van der Waals surface area contributed by atoms with Gasteiger partial charge in [0, 0.05) is 48.0 Å². The minimum Gasteiger partial charge on any atom is -0.354 e. The van der Waals surface area contributed by atoms with Gasteiger partial charge >= 0.3 is 0 Å². The van der Waals surface area contributed by atoms with Crippen molar-refractivity contribution >= 4 is 29.6 Å². The van der Waals surface area contributed by atoms with Crippen molar-refractivity contribution in [2.75, 3.05) is 32.7 Å². The number of carbonyl (C=O) groups is 1. The van der Waals surface area contributed by atoms with Crippen molar-refractivity contribution < 1.29 is 4.79 Å². The van der Waals surface area contributed by atoms with Crippen LogP contribution in [0.3, 0.4) is 0 Å². The molecule has 158 valence electrons. The van der Waals surface area contributed by atoms with Gasteiger partial charge in [0.15, 0.2) is 0 Å². The van der Waals surface area contributed by atoms with Gasteiger partial charge in [-0.05, 0) is 37.6 Å². The van der Waals surface area contributed by atoms with Crippen LogP contribution in [0.5, 0.6) is 0 Å². The standard InChI is InChI=1S/C25H31N3OS/c29-20-10-4-2-1-3-9-15-27-16-18-28(19-17-27)25-21-11-5-7-13-23(21)30-24-14-8-6-12-22(24)26-25/h5-8,11-14,20H,1-4,9-10,15-19H2. The lowest BCUT2D eigenvalue weighted by atomic mass is 10.1. The molecule has 0 N–H and O–H groups in total. The van der Waals surface area contributed by atoms with Crippen LogP contribution in [0.25, 0.3) is 0 Å². The SMILES string of the molecule is O=CCCCCCCCN1CCN(C2=Nc3ccccc3Sc3ccccc32)CC1. The van der Waals surface area contributed by atoms with Crippen LogP contribution in [0.1, 0.15) is 44.1 Å². The first kappa shape index (κ1) is 21.1. The zero-order valence-corrected chi connectivity index (χ0v) is 18.4. The van der Waals surface area contributed by atoms with Gasteiger partial charge in [-0.3, -0.25) is 4.90 Å². The highest BCUT2D eigenvalue weighted by molar-refractivity contribution is 7.99. The molecule has 1 saturated heterocycles. The number of aldehydes is 1. The van der Waals surface area contributed by atoms with E-state index in [9.17, 15) is 4.79 Å². The Bertz CT molecular complexity index is 874. The van der Waals surface area contributed by atoms with E-state index in [1.165, 1.54) is 47.6 Å². The number of carbonyl (C=O) groups excluding carboxylic acids is 1. The smallest absolute Gasteiger partial charge is 0.137 e. The zero-order valence-electron chi connectivity index (χ0n) is 17.6. The van der Waals surface area contributed by atoms with Gasteiger partial charge in [-0.1, -0.05) is 61.4 Å². The second kappa shape index (κ2) is 10.8. The average molecular weight is 422 g/mol. The number of hydrogen-bond acceptors (Lipinski definition) is 5. The van der Waals surface area contributed by atoms with Crippen LogP contribution in [-0.2, 0) is 4.79 Å². The van der Waals surface area contributed by atoms with Crippen LogP contribution in [0.15, 0.2) is 63.3 Å². The van der Waals surface area contributed by atoms with Gasteiger partial charge < -0.3 is 9.69 Å². The highest BCUT2D eigenvalue weighted by Gasteiger charge is 2.24. The number of unbranched alkanes of at least 4 members (excludes halogenated alkanes) is 5. The predicted octanol–water partition coefficient (Wildman–Crippen LogP) is 5.39. The number of para-hydroxylation sites is 1. The first-order chi connectivity index (χ1) is 14.8. The van der Waals surface area contributed by atoms with E-state index in [1.54, 1.807) is 0 Å². The van der Waals surface area contributed by atoms with E-state index in [-0.39, 0.29) is 0 Å². The molecule has 0 saturated carbocycles. The Hall–Kier alpha value is -2.11. The fourth-order valence-corrected chi connectivity index (χ4v) is 5.20. The average Bonchev–Trinajstić information content (AvgIpc) is 2.96. The van der Waals surface area contributed by atoms with Crippen molar-refractivity contribution in [3.05, 3.63) is 54.1 Å². The maximum absolute atomic E-state index is 10.4. The summed E-state index contributed by atoms with van der Waals surface area (Å²) in [5.74, 6) is 1.12. The first-order valence-electron chi connectivity index (χ1n) is 11.2. The third kappa shape index (κ3) is 5.32. The molecule has 1 fully saturated rings. The Labute approximate surface area is 184 Å². The molecule has 4 nitrogen and oxygen atoms in total. The summed E-state index contributed by atoms with van der Waals surface area (Å²) in [6.07, 6.45) is 7.77. The predicted molar refractivity (Wildman–Crippen MR) is 125 cm³/mol. The molecule has 30 heavy (non-hydrogen) atoms. The summed E-state index contributed by atoms with van der Waals surface area (Å²) in [5, 5.41) is 0. The number of nitrogens with zero attached hydrogens (tertiary/aromatic N) is 3. The third-order valence-electron chi connectivity index (χ3n) is 5.91. The van der Waals surface area contributed by atoms with Crippen molar-refractivity contribution in [3.8, 4) is 0 Å². The Balaban J connectivity index is 1.35. The lowest BCUT2D eigenvalue weighted by Crippen LogP contribution is -2.49. The molecule has 4 rings (SSSR count). The fraction of sp³-hybridized carbons (Fsp3) is 0.440. The molecule has 2 heterocycles. The van der Waals surface area contributed by atoms with Crippen molar-refractivity contribution in [3.63, 3.8) is 0 Å². The summed E-state index contributed by atoms with van der Waals surface area (Å²) < 4.78 is 0. The summed E-state index contributed by atoms with van der Waals surface area (Å²) >= 11 is 1.82. The molecule has 0 aromatic heterocycles. The topological polar surface area (TPSA) is 35.9 Å². The van der Waals surface area contributed by atoms with E-state index in [1.807, 2.05) is 11.8 Å². The molecule has 2 aromatic rings. The van der Waals surface area contributed by atoms with Gasteiger partial charge in [0.25, 0.3) is 0 Å². The van der Waals surface area contributed by atoms with Gasteiger partial charge in [-0.2, -0.15) is 0 Å². The molecular formula is C25H31N3OS. The maximum atomic E-state index is 10.4. The molecule has 0 bridgehead atoms. The van der Waals surface area contributed by atoms with E-state index < -0.39 is 0 Å². The molecule has 2 aliphatic heterocycles. The maximum Gasteiger partial charge on any atom is 0.137 e. The molecular weight excluding hydrogens is 390 g/mol. The van der Waals surface area contributed by atoms with Crippen molar-refractivity contribution in [1.29, 1.82) is 0 Å². The van der Waals surface area contributed by atoms with E-state index >= 15 is 0 Å². The summed E-state index contributed by atoms with van der Waals surface area (Å²) in [6, 6.07) is 17.1. The molecule has 2 aromatic carbocycles. The van der Waals surface area contributed by atoms with Gasteiger partial charge in [0.1, 0.15) is 12.1 Å². The largest absolute Gasteiger partial charge is 0.354 e. The van der Waals surface area contributed by atoms with Crippen LogP contribution in [-0.4, -0.2) is 54.6 Å².